The van der Waals surface area contributed by atoms with Crippen LogP contribution in [-0.2, 0) is 11.3 Å². The van der Waals surface area contributed by atoms with Crippen LogP contribution in [0.2, 0.25) is 0 Å². The van der Waals surface area contributed by atoms with Crippen LogP contribution in [-0.4, -0.2) is 50.1 Å². The molecule has 8 nitrogen and oxygen atoms in total. The monoisotopic (exact) mass is 270 g/mol. The highest BCUT2D eigenvalue weighted by Gasteiger charge is 2.18. The number of imidazole rings is 1. The van der Waals surface area contributed by atoms with Crippen molar-refractivity contribution < 1.29 is 14.8 Å². The van der Waals surface area contributed by atoms with Crippen LogP contribution in [0.3, 0.4) is 0 Å². The van der Waals surface area contributed by atoms with Gasteiger partial charge in [0.15, 0.2) is 5.82 Å². The topological polar surface area (TPSA) is 102 Å². The molecule has 0 aliphatic carbocycles. The van der Waals surface area contributed by atoms with Gasteiger partial charge in [0.1, 0.15) is 12.7 Å². The molecular formula is C11H18N4O4. The molecule has 0 fully saturated rings. The van der Waals surface area contributed by atoms with Crippen molar-refractivity contribution >= 4 is 11.8 Å². The van der Waals surface area contributed by atoms with Gasteiger partial charge in [-0.3, -0.25) is 9.69 Å². The van der Waals surface area contributed by atoms with Gasteiger partial charge < -0.3 is 15.2 Å². The number of rotatable bonds is 8. The third kappa shape index (κ3) is 4.32. The molecular weight excluding hydrogens is 252 g/mol. The zero-order chi connectivity index (χ0) is 14.4. The lowest BCUT2D eigenvalue weighted by molar-refractivity contribution is -0.392. The zero-order valence-corrected chi connectivity index (χ0v) is 11.1. The van der Waals surface area contributed by atoms with Gasteiger partial charge in [0, 0.05) is 13.5 Å². The minimum Gasteiger partial charge on any atom is -0.480 e. The largest absolute Gasteiger partial charge is 0.480 e. The van der Waals surface area contributed by atoms with Gasteiger partial charge in [-0.1, -0.05) is 6.92 Å². The van der Waals surface area contributed by atoms with Crippen molar-refractivity contribution in [3.8, 4) is 0 Å². The van der Waals surface area contributed by atoms with E-state index in [0.717, 1.165) is 6.42 Å². The number of hydrogen-bond acceptors (Lipinski definition) is 5. The van der Waals surface area contributed by atoms with E-state index < -0.39 is 10.9 Å². The normalized spacial score (nSPS) is 10.9. The maximum atomic E-state index is 10.8. The number of aryl methyl sites for hydroxylation is 1. The summed E-state index contributed by atoms with van der Waals surface area (Å²) in [6.45, 7) is 5.03. The van der Waals surface area contributed by atoms with Gasteiger partial charge in [-0.2, -0.15) is 0 Å². The van der Waals surface area contributed by atoms with Crippen LogP contribution >= 0.6 is 0 Å². The molecule has 1 aromatic rings. The van der Waals surface area contributed by atoms with Crippen LogP contribution < -0.4 is 0 Å². The van der Waals surface area contributed by atoms with Crippen LogP contribution in [0, 0.1) is 17.0 Å². The van der Waals surface area contributed by atoms with Crippen LogP contribution in [0.25, 0.3) is 0 Å². The Labute approximate surface area is 110 Å². The maximum Gasteiger partial charge on any atom is 0.342 e. The minimum absolute atomic E-state index is 0.0601. The molecule has 0 aliphatic rings. The number of carbonyl (C=O) groups is 1. The van der Waals surface area contributed by atoms with Crippen LogP contribution in [0.15, 0.2) is 6.20 Å². The van der Waals surface area contributed by atoms with Crippen LogP contribution in [0.1, 0.15) is 19.2 Å². The maximum absolute atomic E-state index is 10.8. The summed E-state index contributed by atoms with van der Waals surface area (Å²) in [6, 6.07) is 0. The molecule has 1 N–H and O–H groups in total. The molecule has 0 spiro atoms. The Bertz CT molecular complexity index is 458. The molecule has 0 unspecified atom stereocenters. The molecule has 0 amide bonds. The van der Waals surface area contributed by atoms with E-state index in [1.807, 2.05) is 6.92 Å². The van der Waals surface area contributed by atoms with Gasteiger partial charge in [0.05, 0.1) is 6.54 Å². The first-order chi connectivity index (χ1) is 8.95. The van der Waals surface area contributed by atoms with Crippen LogP contribution in [0.5, 0.6) is 0 Å². The molecule has 1 heterocycles. The minimum atomic E-state index is -0.898. The number of nitrogens with zero attached hydrogens (tertiary/aromatic N) is 4. The summed E-state index contributed by atoms with van der Waals surface area (Å²) in [5, 5.41) is 19.6. The van der Waals surface area contributed by atoms with E-state index in [-0.39, 0.29) is 12.4 Å². The van der Waals surface area contributed by atoms with Crippen molar-refractivity contribution in [1.82, 2.24) is 14.5 Å². The van der Waals surface area contributed by atoms with Crippen LogP contribution in [0.4, 0.5) is 5.82 Å². The van der Waals surface area contributed by atoms with Gasteiger partial charge in [-0.05, 0) is 17.9 Å². The number of nitro groups is 1. The second-order valence-corrected chi connectivity index (χ2v) is 4.24. The lowest BCUT2D eigenvalue weighted by atomic mass is 10.4. The van der Waals surface area contributed by atoms with Crippen molar-refractivity contribution in [2.75, 3.05) is 19.6 Å². The number of aromatic nitrogens is 2. The van der Waals surface area contributed by atoms with Gasteiger partial charge >= 0.3 is 11.8 Å². The zero-order valence-electron chi connectivity index (χ0n) is 11.1. The predicted molar refractivity (Wildman–Crippen MR) is 68.0 cm³/mol. The highest BCUT2D eigenvalue weighted by atomic mass is 16.6. The first-order valence-electron chi connectivity index (χ1n) is 6.06. The molecule has 0 bridgehead atoms. The summed E-state index contributed by atoms with van der Waals surface area (Å²) in [6.07, 6.45) is 2.05. The average molecular weight is 270 g/mol. The Hall–Kier alpha value is -1.96. The second kappa shape index (κ2) is 6.83. The summed E-state index contributed by atoms with van der Waals surface area (Å²) >= 11 is 0. The van der Waals surface area contributed by atoms with Crippen molar-refractivity contribution in [3.05, 3.63) is 22.1 Å². The molecule has 0 saturated carbocycles. The quantitative estimate of drug-likeness (QED) is 0.556. The summed E-state index contributed by atoms with van der Waals surface area (Å²) < 4.78 is 1.49. The van der Waals surface area contributed by atoms with Gasteiger partial charge in [0.2, 0.25) is 0 Å². The number of carboxylic acids is 1. The van der Waals surface area contributed by atoms with Crippen molar-refractivity contribution in [1.29, 1.82) is 0 Å². The molecule has 0 radical (unpaired) electrons. The summed E-state index contributed by atoms with van der Waals surface area (Å²) in [5.41, 5.74) is 0. The highest BCUT2D eigenvalue weighted by molar-refractivity contribution is 5.69. The molecule has 0 atom stereocenters. The van der Waals surface area contributed by atoms with E-state index in [2.05, 4.69) is 4.98 Å². The number of hydrogen-bond donors (Lipinski definition) is 1. The van der Waals surface area contributed by atoms with E-state index in [9.17, 15) is 14.9 Å². The first-order valence-corrected chi connectivity index (χ1v) is 6.06. The van der Waals surface area contributed by atoms with E-state index in [4.69, 9.17) is 5.11 Å². The smallest absolute Gasteiger partial charge is 0.342 e. The van der Waals surface area contributed by atoms with E-state index in [0.29, 0.717) is 25.5 Å². The van der Waals surface area contributed by atoms with Crippen molar-refractivity contribution in [2.45, 2.75) is 26.8 Å². The first kappa shape index (κ1) is 15.1. The summed E-state index contributed by atoms with van der Waals surface area (Å²) in [5.74, 6) is -0.409. The Kier molecular flexibility index (Phi) is 5.43. The Balaban J connectivity index is 2.70. The Morgan fingerprint density at radius 1 is 1.58 bits per heavy atom. The van der Waals surface area contributed by atoms with Gasteiger partial charge in [-0.25, -0.2) is 9.55 Å². The lowest BCUT2D eigenvalue weighted by Crippen LogP contribution is -2.33. The molecule has 19 heavy (non-hydrogen) atoms. The summed E-state index contributed by atoms with van der Waals surface area (Å²) in [7, 11) is 0. The van der Waals surface area contributed by atoms with Gasteiger partial charge in [0.25, 0.3) is 0 Å². The van der Waals surface area contributed by atoms with E-state index >= 15 is 0 Å². The SMILES string of the molecule is CCCN(CCn1c([N+](=O)[O-])cnc1C)CC(=O)O. The van der Waals surface area contributed by atoms with E-state index in [1.165, 1.54) is 10.8 Å². The Morgan fingerprint density at radius 3 is 2.79 bits per heavy atom. The average Bonchev–Trinajstić information content (AvgIpc) is 2.67. The molecule has 1 aromatic heterocycles. The number of carboxylic acid groups (broad SMARTS) is 1. The fourth-order valence-electron chi connectivity index (χ4n) is 1.90. The molecule has 8 heteroatoms. The van der Waals surface area contributed by atoms with E-state index in [1.54, 1.807) is 11.8 Å². The molecule has 0 aromatic carbocycles. The predicted octanol–water partition coefficient (Wildman–Crippen LogP) is 0.896. The number of aliphatic carboxylic acids is 1. The third-order valence-electron chi connectivity index (χ3n) is 2.76. The highest BCUT2D eigenvalue weighted by Crippen LogP contribution is 2.13. The third-order valence-corrected chi connectivity index (χ3v) is 2.76. The molecule has 106 valence electrons. The standard InChI is InChI=1S/C11H18N4O4/c1-3-4-13(8-11(16)17)5-6-14-9(2)12-7-10(14)15(18)19/h7H,3-6,8H2,1-2H3,(H,16,17). The molecule has 0 saturated heterocycles. The fourth-order valence-corrected chi connectivity index (χ4v) is 1.90. The second-order valence-electron chi connectivity index (χ2n) is 4.24. The van der Waals surface area contributed by atoms with Crippen molar-refractivity contribution in [2.24, 2.45) is 0 Å². The molecule has 0 aliphatic heterocycles. The van der Waals surface area contributed by atoms with Gasteiger partial charge in [-0.15, -0.1) is 0 Å². The fraction of sp³-hybridized carbons (Fsp3) is 0.636. The Morgan fingerprint density at radius 2 is 2.26 bits per heavy atom. The molecule has 1 rings (SSSR count). The summed E-state index contributed by atoms with van der Waals surface area (Å²) in [4.78, 5) is 26.7. The lowest BCUT2D eigenvalue weighted by Gasteiger charge is -2.18. The van der Waals surface area contributed by atoms with Crippen molar-refractivity contribution in [3.63, 3.8) is 0 Å².